The summed E-state index contributed by atoms with van der Waals surface area (Å²) in [6.45, 7) is 2.07. The van der Waals surface area contributed by atoms with Gasteiger partial charge in [0.1, 0.15) is 0 Å². The second kappa shape index (κ2) is 3.32. The zero-order valence-electron chi connectivity index (χ0n) is 7.32. The molecule has 2 heterocycles. The lowest BCUT2D eigenvalue weighted by atomic mass is 10.1. The highest BCUT2D eigenvalue weighted by Gasteiger charge is 2.13. The molecule has 2 aromatic heterocycles. The molecule has 13 heavy (non-hydrogen) atoms. The van der Waals surface area contributed by atoms with E-state index in [2.05, 4.69) is 28.6 Å². The van der Waals surface area contributed by atoms with Gasteiger partial charge in [-0.25, -0.2) is 0 Å². The number of hydrogen-bond acceptors (Lipinski definition) is 3. The first-order chi connectivity index (χ1) is 6.29. The van der Waals surface area contributed by atoms with Gasteiger partial charge in [0.05, 0.1) is 11.7 Å². The Kier molecular flexibility index (Phi) is 2.16. The second-order valence-electron chi connectivity index (χ2n) is 2.96. The fourth-order valence-corrected chi connectivity index (χ4v) is 2.23. The van der Waals surface area contributed by atoms with Crippen LogP contribution in [-0.2, 0) is 0 Å². The van der Waals surface area contributed by atoms with Crippen molar-refractivity contribution in [3.63, 3.8) is 0 Å². The van der Waals surface area contributed by atoms with Crippen LogP contribution in [0.25, 0.3) is 0 Å². The van der Waals surface area contributed by atoms with E-state index < -0.39 is 0 Å². The number of thiophene rings is 1. The van der Waals surface area contributed by atoms with E-state index in [-0.39, 0.29) is 6.04 Å². The van der Waals surface area contributed by atoms with Crippen molar-refractivity contribution >= 4 is 11.3 Å². The molecule has 0 amide bonds. The Morgan fingerprint density at radius 1 is 1.54 bits per heavy atom. The fraction of sp³-hybridized carbons (Fsp3) is 0.222. The van der Waals surface area contributed by atoms with Crippen molar-refractivity contribution in [2.45, 2.75) is 13.0 Å². The van der Waals surface area contributed by atoms with Gasteiger partial charge in [-0.1, -0.05) is 0 Å². The molecular weight excluding hydrogens is 182 g/mol. The van der Waals surface area contributed by atoms with Gasteiger partial charge in [-0.15, -0.1) is 11.3 Å². The lowest BCUT2D eigenvalue weighted by Gasteiger charge is -2.07. The van der Waals surface area contributed by atoms with Gasteiger partial charge >= 0.3 is 0 Å². The maximum absolute atomic E-state index is 6.05. The molecule has 0 aliphatic heterocycles. The van der Waals surface area contributed by atoms with Crippen molar-refractivity contribution in [2.75, 3.05) is 0 Å². The van der Waals surface area contributed by atoms with Gasteiger partial charge < -0.3 is 5.73 Å². The van der Waals surface area contributed by atoms with Gasteiger partial charge in [-0.2, -0.15) is 5.10 Å². The number of aromatic nitrogens is 2. The molecule has 3 N–H and O–H groups in total. The van der Waals surface area contributed by atoms with Gasteiger partial charge in [0.25, 0.3) is 0 Å². The van der Waals surface area contributed by atoms with Crippen LogP contribution in [-0.4, -0.2) is 10.2 Å². The van der Waals surface area contributed by atoms with Crippen LogP contribution < -0.4 is 5.73 Å². The number of nitrogens with one attached hydrogen (secondary N) is 1. The molecule has 3 nitrogen and oxygen atoms in total. The minimum atomic E-state index is -0.0671. The molecule has 0 saturated carbocycles. The molecule has 0 spiro atoms. The van der Waals surface area contributed by atoms with Gasteiger partial charge in [0, 0.05) is 11.1 Å². The molecule has 0 radical (unpaired) electrons. The second-order valence-corrected chi connectivity index (χ2v) is 3.91. The summed E-state index contributed by atoms with van der Waals surface area (Å²) in [6.07, 6.45) is 1.72. The van der Waals surface area contributed by atoms with Crippen molar-refractivity contribution in [3.8, 4) is 0 Å². The van der Waals surface area contributed by atoms with Crippen molar-refractivity contribution in [1.29, 1.82) is 0 Å². The van der Waals surface area contributed by atoms with Crippen LogP contribution in [0.15, 0.2) is 23.7 Å². The monoisotopic (exact) mass is 193 g/mol. The largest absolute Gasteiger partial charge is 0.318 e. The summed E-state index contributed by atoms with van der Waals surface area (Å²) in [7, 11) is 0. The van der Waals surface area contributed by atoms with Crippen LogP contribution in [0.4, 0.5) is 0 Å². The molecule has 2 aromatic rings. The third-order valence-corrected chi connectivity index (χ3v) is 3.14. The van der Waals surface area contributed by atoms with Gasteiger partial charge in [-0.05, 0) is 30.0 Å². The maximum atomic E-state index is 6.05. The standard InChI is InChI=1S/C9H11N3S/c1-6-3-5-13-9(6)8(10)7-2-4-11-12-7/h2-5,8H,10H2,1H3,(H,11,12). The quantitative estimate of drug-likeness (QED) is 0.764. The van der Waals surface area contributed by atoms with E-state index >= 15 is 0 Å². The maximum Gasteiger partial charge on any atom is 0.0816 e. The van der Waals surface area contributed by atoms with E-state index in [0.717, 1.165) is 5.69 Å². The SMILES string of the molecule is Cc1ccsc1C(N)c1ccn[nH]1. The predicted molar refractivity (Wildman–Crippen MR) is 53.7 cm³/mol. The average molecular weight is 193 g/mol. The number of nitrogens with zero attached hydrogens (tertiary/aromatic N) is 1. The topological polar surface area (TPSA) is 54.7 Å². The summed E-state index contributed by atoms with van der Waals surface area (Å²) in [5.41, 5.74) is 8.25. The molecule has 0 bridgehead atoms. The summed E-state index contributed by atoms with van der Waals surface area (Å²) in [5, 5.41) is 8.82. The third kappa shape index (κ3) is 1.50. The van der Waals surface area contributed by atoms with Crippen molar-refractivity contribution in [1.82, 2.24) is 10.2 Å². The Morgan fingerprint density at radius 3 is 2.92 bits per heavy atom. The molecule has 1 atom stereocenters. The van der Waals surface area contributed by atoms with Crippen LogP contribution in [0.1, 0.15) is 22.2 Å². The minimum Gasteiger partial charge on any atom is -0.318 e. The fourth-order valence-electron chi connectivity index (χ4n) is 1.28. The zero-order chi connectivity index (χ0) is 9.26. The molecule has 2 rings (SSSR count). The van der Waals surface area contributed by atoms with E-state index in [1.165, 1.54) is 10.4 Å². The number of rotatable bonds is 2. The summed E-state index contributed by atoms with van der Waals surface area (Å²) in [6, 6.07) is 3.92. The Morgan fingerprint density at radius 2 is 2.38 bits per heavy atom. The van der Waals surface area contributed by atoms with Gasteiger partial charge in [-0.3, -0.25) is 5.10 Å². The molecule has 1 unspecified atom stereocenters. The molecule has 0 aliphatic rings. The van der Waals surface area contributed by atoms with E-state index in [1.807, 2.05) is 6.07 Å². The molecule has 0 aliphatic carbocycles. The highest BCUT2D eigenvalue weighted by molar-refractivity contribution is 7.10. The van der Waals surface area contributed by atoms with E-state index in [4.69, 9.17) is 5.73 Å². The first-order valence-electron chi connectivity index (χ1n) is 4.08. The lowest BCUT2D eigenvalue weighted by molar-refractivity contribution is 0.827. The first-order valence-corrected chi connectivity index (χ1v) is 4.96. The Labute approximate surface area is 80.6 Å². The predicted octanol–water partition coefficient (Wildman–Crippen LogP) is 1.83. The van der Waals surface area contributed by atoms with E-state index in [9.17, 15) is 0 Å². The molecule has 0 aromatic carbocycles. The van der Waals surface area contributed by atoms with E-state index in [0.29, 0.717) is 0 Å². The highest BCUT2D eigenvalue weighted by atomic mass is 32.1. The Balaban J connectivity index is 2.33. The molecular formula is C9H11N3S. The first kappa shape index (κ1) is 8.47. The van der Waals surface area contributed by atoms with Crippen molar-refractivity contribution in [2.24, 2.45) is 5.73 Å². The summed E-state index contributed by atoms with van der Waals surface area (Å²) in [4.78, 5) is 1.20. The molecule has 4 heteroatoms. The number of aryl methyl sites for hydroxylation is 1. The number of nitrogens with two attached hydrogens (primary N) is 1. The van der Waals surface area contributed by atoms with Gasteiger partial charge in [0.15, 0.2) is 0 Å². The van der Waals surface area contributed by atoms with Crippen LogP contribution in [0.5, 0.6) is 0 Å². The Hall–Kier alpha value is -1.13. The minimum absolute atomic E-state index is 0.0671. The molecule has 0 fully saturated rings. The van der Waals surface area contributed by atoms with Crippen molar-refractivity contribution < 1.29 is 0 Å². The third-order valence-electron chi connectivity index (χ3n) is 2.04. The molecule has 68 valence electrons. The smallest absolute Gasteiger partial charge is 0.0816 e. The highest BCUT2D eigenvalue weighted by Crippen LogP contribution is 2.25. The molecule has 0 saturated heterocycles. The lowest BCUT2D eigenvalue weighted by Crippen LogP contribution is -2.11. The average Bonchev–Trinajstić information content (AvgIpc) is 2.72. The van der Waals surface area contributed by atoms with Crippen LogP contribution >= 0.6 is 11.3 Å². The summed E-state index contributed by atoms with van der Waals surface area (Å²) in [5.74, 6) is 0. The van der Waals surface area contributed by atoms with Crippen LogP contribution in [0, 0.1) is 6.92 Å². The summed E-state index contributed by atoms with van der Waals surface area (Å²) >= 11 is 1.68. The summed E-state index contributed by atoms with van der Waals surface area (Å²) < 4.78 is 0. The van der Waals surface area contributed by atoms with Crippen LogP contribution in [0.3, 0.4) is 0 Å². The van der Waals surface area contributed by atoms with E-state index in [1.54, 1.807) is 17.5 Å². The normalized spacial score (nSPS) is 13.1. The van der Waals surface area contributed by atoms with Gasteiger partial charge in [0.2, 0.25) is 0 Å². The zero-order valence-corrected chi connectivity index (χ0v) is 8.14. The number of hydrogen-bond donors (Lipinski definition) is 2. The number of H-pyrrole nitrogens is 1. The van der Waals surface area contributed by atoms with Crippen molar-refractivity contribution in [3.05, 3.63) is 39.8 Å². The van der Waals surface area contributed by atoms with Crippen LogP contribution in [0.2, 0.25) is 0 Å². The number of aromatic amines is 1. The Bertz CT molecular complexity index is 377.